The van der Waals surface area contributed by atoms with Gasteiger partial charge in [0.05, 0.1) is 19.2 Å². The first-order valence-corrected chi connectivity index (χ1v) is 6.23. The van der Waals surface area contributed by atoms with Crippen LogP contribution < -0.4 is 4.74 Å². The van der Waals surface area contributed by atoms with Gasteiger partial charge in [0.15, 0.2) is 0 Å². The minimum absolute atomic E-state index is 0.0196. The number of alkyl halides is 2. The minimum atomic E-state index is -2.68. The molecule has 2 aromatic rings. The Balaban J connectivity index is 2.18. The van der Waals surface area contributed by atoms with E-state index in [2.05, 4.69) is 4.98 Å². The zero-order valence-electron chi connectivity index (χ0n) is 11.7. The molecule has 112 valence electrons. The van der Waals surface area contributed by atoms with Gasteiger partial charge in [0.2, 0.25) is 0 Å². The predicted molar refractivity (Wildman–Crippen MR) is 72.3 cm³/mol. The van der Waals surface area contributed by atoms with Gasteiger partial charge in [0, 0.05) is 19.4 Å². The molecule has 0 N–H and O–H groups in total. The highest BCUT2D eigenvalue weighted by Gasteiger charge is 2.19. The maximum atomic E-state index is 12.8. The summed E-state index contributed by atoms with van der Waals surface area (Å²) >= 11 is 0. The highest BCUT2D eigenvalue weighted by molar-refractivity contribution is 5.96. The summed E-state index contributed by atoms with van der Waals surface area (Å²) in [4.78, 5) is 17.5. The second-order valence-electron chi connectivity index (χ2n) is 4.39. The molecule has 0 radical (unpaired) electrons. The second-order valence-corrected chi connectivity index (χ2v) is 4.39. The molecule has 1 amide bonds. The van der Waals surface area contributed by atoms with Crippen LogP contribution in [0.3, 0.4) is 0 Å². The Morgan fingerprint density at radius 3 is 2.81 bits per heavy atom. The summed E-state index contributed by atoms with van der Waals surface area (Å²) in [5.74, 6) is 0.235. The summed E-state index contributed by atoms with van der Waals surface area (Å²) in [6.07, 6.45) is 2.46. The molecular formula is C14H15F2N3O2. The van der Waals surface area contributed by atoms with Crippen molar-refractivity contribution in [1.29, 1.82) is 0 Å². The molecule has 7 heteroatoms. The van der Waals surface area contributed by atoms with Gasteiger partial charge in [-0.1, -0.05) is 12.1 Å². The lowest BCUT2D eigenvalue weighted by Crippen LogP contribution is -2.28. The maximum Gasteiger partial charge on any atom is 0.319 e. The Morgan fingerprint density at radius 2 is 2.14 bits per heavy atom. The van der Waals surface area contributed by atoms with Crippen LogP contribution in [-0.2, 0) is 6.54 Å². The number of nitrogens with zero attached hydrogens (tertiary/aromatic N) is 3. The molecule has 0 aliphatic heterocycles. The number of carbonyl (C=O) groups excluding carboxylic acids is 1. The van der Waals surface area contributed by atoms with Crippen molar-refractivity contribution in [3.8, 4) is 5.75 Å². The van der Waals surface area contributed by atoms with Crippen molar-refractivity contribution < 1.29 is 18.3 Å². The van der Waals surface area contributed by atoms with E-state index in [0.717, 1.165) is 4.57 Å². The number of para-hydroxylation sites is 1. The van der Waals surface area contributed by atoms with Crippen LogP contribution in [0.15, 0.2) is 36.7 Å². The number of rotatable bonds is 5. The highest BCUT2D eigenvalue weighted by Crippen LogP contribution is 2.20. The number of carbonyl (C=O) groups is 1. The molecule has 0 aliphatic rings. The van der Waals surface area contributed by atoms with Crippen LogP contribution in [0.2, 0.25) is 0 Å². The quantitative estimate of drug-likeness (QED) is 0.851. The van der Waals surface area contributed by atoms with Crippen molar-refractivity contribution in [2.75, 3.05) is 14.2 Å². The molecule has 0 fully saturated rings. The third kappa shape index (κ3) is 3.18. The van der Waals surface area contributed by atoms with Gasteiger partial charge >= 0.3 is 6.55 Å². The minimum Gasteiger partial charge on any atom is -0.496 e. The van der Waals surface area contributed by atoms with E-state index >= 15 is 0 Å². The zero-order valence-corrected chi connectivity index (χ0v) is 11.7. The molecule has 0 unspecified atom stereocenters. The lowest BCUT2D eigenvalue weighted by molar-refractivity contribution is 0.0611. The van der Waals surface area contributed by atoms with E-state index in [0.29, 0.717) is 11.3 Å². The fourth-order valence-corrected chi connectivity index (χ4v) is 1.95. The average molecular weight is 295 g/mol. The highest BCUT2D eigenvalue weighted by atomic mass is 19.3. The van der Waals surface area contributed by atoms with Crippen molar-refractivity contribution in [2.24, 2.45) is 0 Å². The van der Waals surface area contributed by atoms with Crippen LogP contribution in [0.25, 0.3) is 0 Å². The number of methoxy groups -OCH3 is 1. The number of imidazole rings is 1. The standard InChI is InChI=1S/C14H15F2N3O2/c1-18(9-12-17-7-8-19(12)14(15)16)13(20)10-5-3-4-6-11(10)21-2/h3-8,14H,9H2,1-2H3. The maximum absolute atomic E-state index is 12.8. The van der Waals surface area contributed by atoms with Crippen molar-refractivity contribution in [3.63, 3.8) is 0 Å². The Morgan fingerprint density at radius 1 is 1.43 bits per heavy atom. The van der Waals surface area contributed by atoms with Gasteiger partial charge in [-0.2, -0.15) is 8.78 Å². The average Bonchev–Trinajstić information content (AvgIpc) is 2.94. The lowest BCUT2D eigenvalue weighted by Gasteiger charge is -2.18. The van der Waals surface area contributed by atoms with Gasteiger partial charge in [0.1, 0.15) is 11.6 Å². The molecule has 5 nitrogen and oxygen atoms in total. The second kappa shape index (κ2) is 6.34. The summed E-state index contributed by atoms with van der Waals surface area (Å²) in [5, 5.41) is 0. The van der Waals surface area contributed by atoms with E-state index < -0.39 is 6.55 Å². The molecule has 1 heterocycles. The molecular weight excluding hydrogens is 280 g/mol. The topological polar surface area (TPSA) is 47.4 Å². The van der Waals surface area contributed by atoms with Crippen LogP contribution in [0.1, 0.15) is 22.7 Å². The van der Waals surface area contributed by atoms with Crippen molar-refractivity contribution in [3.05, 3.63) is 48.0 Å². The molecule has 21 heavy (non-hydrogen) atoms. The fraction of sp³-hybridized carbons (Fsp3) is 0.286. The van der Waals surface area contributed by atoms with Crippen molar-refractivity contribution in [1.82, 2.24) is 14.5 Å². The Hall–Kier alpha value is -2.44. The summed E-state index contributed by atoms with van der Waals surface area (Å²) in [5.41, 5.74) is 0.373. The molecule has 0 atom stereocenters. The van der Waals surface area contributed by atoms with Crippen LogP contribution >= 0.6 is 0 Å². The first kappa shape index (κ1) is 15.0. The van der Waals surface area contributed by atoms with Crippen LogP contribution in [0, 0.1) is 0 Å². The molecule has 0 aliphatic carbocycles. The molecule has 0 bridgehead atoms. The van der Waals surface area contributed by atoms with Crippen molar-refractivity contribution >= 4 is 5.91 Å². The van der Waals surface area contributed by atoms with Gasteiger partial charge in [-0.05, 0) is 12.1 Å². The summed E-state index contributed by atoms with van der Waals surface area (Å²) in [6.45, 7) is -2.70. The van der Waals surface area contributed by atoms with Crippen LogP contribution in [0.4, 0.5) is 8.78 Å². The summed E-state index contributed by atoms with van der Waals surface area (Å²) in [6, 6.07) is 6.75. The zero-order chi connectivity index (χ0) is 15.4. The lowest BCUT2D eigenvalue weighted by atomic mass is 10.2. The molecule has 2 rings (SSSR count). The Bertz CT molecular complexity index is 628. The summed E-state index contributed by atoms with van der Waals surface area (Å²) < 4.78 is 31.4. The number of hydrogen-bond donors (Lipinski definition) is 0. The number of amides is 1. The van der Waals surface area contributed by atoms with Gasteiger partial charge in [-0.3, -0.25) is 9.36 Å². The Labute approximate surface area is 120 Å². The number of benzene rings is 1. The normalized spacial score (nSPS) is 10.7. The van der Waals surface area contributed by atoms with E-state index in [1.54, 1.807) is 24.3 Å². The first-order chi connectivity index (χ1) is 10.0. The number of hydrogen-bond acceptors (Lipinski definition) is 3. The van der Waals surface area contributed by atoms with E-state index in [1.165, 1.54) is 31.5 Å². The number of aromatic nitrogens is 2. The number of ether oxygens (including phenoxy) is 1. The molecule has 1 aromatic heterocycles. The van der Waals surface area contributed by atoms with E-state index in [4.69, 9.17) is 4.74 Å². The third-order valence-corrected chi connectivity index (χ3v) is 3.02. The smallest absolute Gasteiger partial charge is 0.319 e. The predicted octanol–water partition coefficient (Wildman–Crippen LogP) is 2.56. The van der Waals surface area contributed by atoms with Gasteiger partial charge in [-0.25, -0.2) is 4.98 Å². The number of halogens is 2. The van der Waals surface area contributed by atoms with Gasteiger partial charge < -0.3 is 9.64 Å². The molecule has 0 saturated heterocycles. The largest absolute Gasteiger partial charge is 0.496 e. The molecule has 0 saturated carbocycles. The van der Waals surface area contributed by atoms with E-state index in [9.17, 15) is 13.6 Å². The third-order valence-electron chi connectivity index (χ3n) is 3.02. The molecule has 1 aromatic carbocycles. The molecule has 0 spiro atoms. The van der Waals surface area contributed by atoms with Crippen LogP contribution in [0.5, 0.6) is 5.75 Å². The Kier molecular flexibility index (Phi) is 4.52. The van der Waals surface area contributed by atoms with Gasteiger partial charge in [0.25, 0.3) is 5.91 Å². The SMILES string of the molecule is COc1ccccc1C(=O)N(C)Cc1nccn1C(F)F. The van der Waals surface area contributed by atoms with Gasteiger partial charge in [-0.15, -0.1) is 0 Å². The fourth-order valence-electron chi connectivity index (χ4n) is 1.95. The first-order valence-electron chi connectivity index (χ1n) is 6.23. The monoisotopic (exact) mass is 295 g/mol. The van der Waals surface area contributed by atoms with E-state index in [1.807, 2.05) is 0 Å². The summed E-state index contributed by atoms with van der Waals surface area (Å²) in [7, 11) is 2.99. The van der Waals surface area contributed by atoms with Crippen LogP contribution in [-0.4, -0.2) is 34.5 Å². The van der Waals surface area contributed by atoms with E-state index in [-0.39, 0.29) is 18.3 Å². The van der Waals surface area contributed by atoms with Crippen molar-refractivity contribution in [2.45, 2.75) is 13.1 Å².